The maximum Gasteiger partial charge on any atom is 0.221 e. The van der Waals surface area contributed by atoms with Gasteiger partial charge < -0.3 is 21.1 Å². The molecule has 1 amide bonds. The Kier molecular flexibility index (Phi) is 7.06. The van der Waals surface area contributed by atoms with Crippen LogP contribution in [-0.4, -0.2) is 49.6 Å². The number of nitrogens with zero attached hydrogens (tertiary/aromatic N) is 2. The van der Waals surface area contributed by atoms with E-state index in [2.05, 4.69) is 27.4 Å². The monoisotopic (exact) mass is 347 g/mol. The molecule has 1 aromatic carbocycles. The van der Waals surface area contributed by atoms with Crippen LogP contribution >= 0.6 is 0 Å². The highest BCUT2D eigenvalue weighted by atomic mass is 16.5. The van der Waals surface area contributed by atoms with Gasteiger partial charge in [-0.25, -0.2) is 4.99 Å². The van der Waals surface area contributed by atoms with Crippen molar-refractivity contribution in [3.8, 4) is 5.75 Å². The third-order valence-corrected chi connectivity index (χ3v) is 4.43. The molecule has 7 heteroatoms. The summed E-state index contributed by atoms with van der Waals surface area (Å²) < 4.78 is 5.25. The first-order chi connectivity index (χ1) is 12.0. The Labute approximate surface area is 149 Å². The maximum atomic E-state index is 11.3. The lowest BCUT2D eigenvalue weighted by Gasteiger charge is -2.23. The van der Waals surface area contributed by atoms with Gasteiger partial charge >= 0.3 is 0 Å². The van der Waals surface area contributed by atoms with Crippen LogP contribution in [0.2, 0.25) is 0 Å². The second kappa shape index (κ2) is 9.27. The number of aliphatic imine (C=N–C) groups is 1. The lowest BCUT2D eigenvalue weighted by atomic mass is 10.2. The van der Waals surface area contributed by atoms with Crippen LogP contribution in [0.15, 0.2) is 23.2 Å². The summed E-state index contributed by atoms with van der Waals surface area (Å²) in [6.45, 7) is 7.15. The zero-order valence-corrected chi connectivity index (χ0v) is 15.3. The summed E-state index contributed by atoms with van der Waals surface area (Å²) in [5.41, 5.74) is 7.57. The Morgan fingerprint density at radius 3 is 2.96 bits per heavy atom. The summed E-state index contributed by atoms with van der Waals surface area (Å²) >= 11 is 0. The van der Waals surface area contributed by atoms with Crippen LogP contribution in [-0.2, 0) is 11.3 Å². The van der Waals surface area contributed by atoms with E-state index >= 15 is 0 Å². The number of guanidine groups is 1. The molecule has 1 atom stereocenters. The largest absolute Gasteiger partial charge is 0.495 e. The number of likely N-dealkylation sites (N-methyl/N-ethyl adjacent to an activating group) is 1. The molecule has 1 aliphatic heterocycles. The molecule has 0 bridgehead atoms. The molecule has 7 nitrogen and oxygen atoms in total. The van der Waals surface area contributed by atoms with E-state index in [1.165, 1.54) is 19.8 Å². The molecular formula is C18H29N5O2. The van der Waals surface area contributed by atoms with Crippen molar-refractivity contribution in [1.82, 2.24) is 10.2 Å². The highest BCUT2D eigenvalue weighted by molar-refractivity contribution is 5.90. The first-order valence-corrected chi connectivity index (χ1v) is 8.75. The van der Waals surface area contributed by atoms with Gasteiger partial charge in [0.05, 0.1) is 19.3 Å². The van der Waals surface area contributed by atoms with Gasteiger partial charge in [-0.15, -0.1) is 0 Å². The van der Waals surface area contributed by atoms with Crippen LogP contribution in [0.3, 0.4) is 0 Å². The SMILES string of the molecule is CCN1CCCC1CNC(N)=NCc1ccc(OC)c(NC(C)=O)c1. The Bertz CT molecular complexity index is 617. The highest BCUT2D eigenvalue weighted by Gasteiger charge is 2.22. The number of hydrogen-bond donors (Lipinski definition) is 3. The molecule has 0 aliphatic carbocycles. The third-order valence-electron chi connectivity index (χ3n) is 4.43. The molecule has 0 radical (unpaired) electrons. The minimum atomic E-state index is -0.142. The fraction of sp³-hybridized carbons (Fsp3) is 0.556. The van der Waals surface area contributed by atoms with E-state index < -0.39 is 0 Å². The van der Waals surface area contributed by atoms with E-state index in [-0.39, 0.29) is 5.91 Å². The molecule has 1 aromatic rings. The quantitative estimate of drug-likeness (QED) is 0.514. The molecule has 0 saturated carbocycles. The lowest BCUT2D eigenvalue weighted by molar-refractivity contribution is -0.114. The standard InChI is InChI=1S/C18H29N5O2/c1-4-23-9-5-6-15(23)12-21-18(19)20-11-14-7-8-17(25-3)16(10-14)22-13(2)24/h7-8,10,15H,4-6,9,11-12H2,1-3H3,(H,22,24)(H3,19,20,21). The van der Waals surface area contributed by atoms with Crippen molar-refractivity contribution in [3.63, 3.8) is 0 Å². The van der Waals surface area contributed by atoms with Gasteiger partial charge in [-0.1, -0.05) is 13.0 Å². The summed E-state index contributed by atoms with van der Waals surface area (Å²) in [4.78, 5) is 18.1. The number of benzene rings is 1. The number of carbonyl (C=O) groups excluding carboxylic acids is 1. The minimum absolute atomic E-state index is 0.142. The molecule has 138 valence electrons. The van der Waals surface area contributed by atoms with Crippen molar-refractivity contribution < 1.29 is 9.53 Å². The number of nitrogens with two attached hydrogens (primary N) is 1. The molecule has 0 spiro atoms. The van der Waals surface area contributed by atoms with Crippen LogP contribution in [0.4, 0.5) is 5.69 Å². The van der Waals surface area contributed by atoms with Crippen LogP contribution < -0.4 is 21.1 Å². The number of likely N-dealkylation sites (tertiary alicyclic amines) is 1. The van der Waals surface area contributed by atoms with Crippen molar-refractivity contribution in [1.29, 1.82) is 0 Å². The van der Waals surface area contributed by atoms with E-state index in [4.69, 9.17) is 10.5 Å². The van der Waals surface area contributed by atoms with Crippen molar-refractivity contribution in [2.24, 2.45) is 10.7 Å². The smallest absolute Gasteiger partial charge is 0.221 e. The van der Waals surface area contributed by atoms with E-state index in [9.17, 15) is 4.79 Å². The topological polar surface area (TPSA) is 92.0 Å². The number of anilines is 1. The van der Waals surface area contributed by atoms with Gasteiger partial charge in [-0.05, 0) is 43.6 Å². The van der Waals surface area contributed by atoms with Crippen molar-refractivity contribution in [2.75, 3.05) is 32.1 Å². The van der Waals surface area contributed by atoms with Gasteiger partial charge in [-0.2, -0.15) is 0 Å². The van der Waals surface area contributed by atoms with Crippen molar-refractivity contribution in [3.05, 3.63) is 23.8 Å². The predicted octanol–water partition coefficient (Wildman–Crippen LogP) is 1.54. The molecule has 0 aromatic heterocycles. The molecule has 2 rings (SSSR count). The second-order valence-corrected chi connectivity index (χ2v) is 6.22. The summed E-state index contributed by atoms with van der Waals surface area (Å²) in [5, 5.41) is 5.98. The molecule has 1 unspecified atom stereocenters. The fourth-order valence-corrected chi connectivity index (χ4v) is 3.14. The number of hydrogen-bond acceptors (Lipinski definition) is 4. The Balaban J connectivity index is 1.92. The normalized spacial score (nSPS) is 18.2. The molecule has 25 heavy (non-hydrogen) atoms. The second-order valence-electron chi connectivity index (χ2n) is 6.22. The lowest BCUT2D eigenvalue weighted by Crippen LogP contribution is -2.42. The van der Waals surface area contributed by atoms with Gasteiger partial charge in [0.1, 0.15) is 5.75 Å². The van der Waals surface area contributed by atoms with Gasteiger partial charge in [0, 0.05) is 19.5 Å². The number of methoxy groups -OCH3 is 1. The van der Waals surface area contributed by atoms with Crippen molar-refractivity contribution in [2.45, 2.75) is 39.3 Å². The number of carbonyl (C=O) groups is 1. The van der Waals surface area contributed by atoms with Crippen molar-refractivity contribution >= 4 is 17.6 Å². The molecule has 1 fully saturated rings. The van der Waals surface area contributed by atoms with Crippen LogP contribution in [0, 0.1) is 0 Å². The van der Waals surface area contributed by atoms with E-state index in [0.717, 1.165) is 25.2 Å². The van der Waals surface area contributed by atoms with Gasteiger partial charge in [0.2, 0.25) is 5.91 Å². The van der Waals surface area contributed by atoms with Gasteiger partial charge in [0.15, 0.2) is 5.96 Å². The third kappa shape index (κ3) is 5.63. The number of ether oxygens (including phenoxy) is 1. The maximum absolute atomic E-state index is 11.3. The van der Waals surface area contributed by atoms with Crippen LogP contribution in [0.5, 0.6) is 5.75 Å². The summed E-state index contributed by atoms with van der Waals surface area (Å²) in [6, 6.07) is 6.12. The van der Waals surface area contributed by atoms with Gasteiger partial charge in [0.25, 0.3) is 0 Å². The first-order valence-electron chi connectivity index (χ1n) is 8.75. The zero-order valence-electron chi connectivity index (χ0n) is 15.3. The number of amides is 1. The van der Waals surface area contributed by atoms with E-state index in [1.807, 2.05) is 18.2 Å². The van der Waals surface area contributed by atoms with E-state index in [1.54, 1.807) is 7.11 Å². The Morgan fingerprint density at radius 2 is 2.28 bits per heavy atom. The molecule has 1 saturated heterocycles. The highest BCUT2D eigenvalue weighted by Crippen LogP contribution is 2.25. The molecular weight excluding hydrogens is 318 g/mol. The summed E-state index contributed by atoms with van der Waals surface area (Å²) in [6.07, 6.45) is 2.45. The van der Waals surface area contributed by atoms with Crippen LogP contribution in [0.1, 0.15) is 32.3 Å². The number of rotatable bonds is 7. The van der Waals surface area contributed by atoms with Gasteiger partial charge in [-0.3, -0.25) is 9.69 Å². The summed E-state index contributed by atoms with van der Waals surface area (Å²) in [7, 11) is 1.57. The fourth-order valence-electron chi connectivity index (χ4n) is 3.14. The van der Waals surface area contributed by atoms with Crippen LogP contribution in [0.25, 0.3) is 0 Å². The Hall–Kier alpha value is -2.28. The number of nitrogens with one attached hydrogen (secondary N) is 2. The Morgan fingerprint density at radius 1 is 1.48 bits per heavy atom. The minimum Gasteiger partial charge on any atom is -0.495 e. The molecule has 4 N–H and O–H groups in total. The molecule has 1 aliphatic rings. The first kappa shape index (κ1) is 19.1. The zero-order chi connectivity index (χ0) is 18.2. The average Bonchev–Trinajstić information content (AvgIpc) is 3.05. The molecule has 1 heterocycles. The predicted molar refractivity (Wildman–Crippen MR) is 101 cm³/mol. The average molecular weight is 347 g/mol. The van der Waals surface area contributed by atoms with E-state index in [0.29, 0.717) is 30.0 Å². The summed E-state index contributed by atoms with van der Waals surface area (Å²) in [5.74, 6) is 0.923.